The first-order chi connectivity index (χ1) is 14.4. The van der Waals surface area contributed by atoms with Gasteiger partial charge in [-0.05, 0) is 74.0 Å². The van der Waals surface area contributed by atoms with Gasteiger partial charge in [0.15, 0.2) is 5.82 Å². The molecule has 2 unspecified atom stereocenters. The quantitative estimate of drug-likeness (QED) is 0.747. The molecule has 4 fully saturated rings. The van der Waals surface area contributed by atoms with Crippen molar-refractivity contribution in [1.29, 1.82) is 0 Å². The molecule has 4 saturated carbocycles. The maximum Gasteiger partial charge on any atom is 0.251 e. The summed E-state index contributed by atoms with van der Waals surface area (Å²) in [5, 5.41) is 14.1. The summed E-state index contributed by atoms with van der Waals surface area (Å²) in [6.45, 7) is 2.00. The summed E-state index contributed by atoms with van der Waals surface area (Å²) in [7, 11) is 1.80. The van der Waals surface area contributed by atoms with Crippen LogP contribution in [0.2, 0.25) is 0 Å². The SMILES string of the molecule is CCc1cc(C(=O)c2nccn2C)ccc1C(=O)N[C@H]1C2CC3CC1C[C@](O)(C3)C2. The number of benzene rings is 1. The topological polar surface area (TPSA) is 84.2 Å². The zero-order valence-electron chi connectivity index (χ0n) is 17.6. The fraction of sp³-hybridized carbons (Fsp3) is 0.542. The van der Waals surface area contributed by atoms with Crippen molar-refractivity contribution < 1.29 is 14.7 Å². The third-order valence-corrected chi connectivity index (χ3v) is 7.56. The van der Waals surface area contributed by atoms with Crippen LogP contribution in [0.1, 0.15) is 71.1 Å². The Bertz CT molecular complexity index is 995. The molecule has 158 valence electrons. The maximum atomic E-state index is 13.2. The van der Waals surface area contributed by atoms with Gasteiger partial charge >= 0.3 is 0 Å². The molecule has 30 heavy (non-hydrogen) atoms. The molecule has 2 N–H and O–H groups in total. The zero-order chi connectivity index (χ0) is 21.0. The number of carbonyl (C=O) groups excluding carboxylic acids is 2. The summed E-state index contributed by atoms with van der Waals surface area (Å²) in [4.78, 5) is 30.1. The summed E-state index contributed by atoms with van der Waals surface area (Å²) in [6, 6.07) is 5.47. The molecule has 0 spiro atoms. The molecule has 1 amide bonds. The van der Waals surface area contributed by atoms with E-state index in [9.17, 15) is 14.7 Å². The maximum absolute atomic E-state index is 13.2. The number of imidazole rings is 1. The van der Waals surface area contributed by atoms with Crippen molar-refractivity contribution in [3.63, 3.8) is 0 Å². The fourth-order valence-corrected chi connectivity index (χ4v) is 6.41. The van der Waals surface area contributed by atoms with E-state index in [4.69, 9.17) is 0 Å². The van der Waals surface area contributed by atoms with E-state index in [-0.39, 0.29) is 17.7 Å². The third-order valence-electron chi connectivity index (χ3n) is 7.56. The molecule has 0 saturated heterocycles. The number of ketones is 1. The van der Waals surface area contributed by atoms with Crippen LogP contribution in [-0.2, 0) is 13.5 Å². The van der Waals surface area contributed by atoms with Gasteiger partial charge in [0, 0.05) is 36.6 Å². The van der Waals surface area contributed by atoms with Crippen LogP contribution in [0.4, 0.5) is 0 Å². The highest BCUT2D eigenvalue weighted by molar-refractivity contribution is 6.07. The highest BCUT2D eigenvalue weighted by Gasteiger charge is 2.55. The minimum absolute atomic E-state index is 0.0627. The molecule has 6 nitrogen and oxygen atoms in total. The first-order valence-electron chi connectivity index (χ1n) is 11.0. The number of aryl methyl sites for hydroxylation is 2. The number of hydrogen-bond acceptors (Lipinski definition) is 4. The van der Waals surface area contributed by atoms with Gasteiger partial charge in [0.2, 0.25) is 5.78 Å². The van der Waals surface area contributed by atoms with Gasteiger partial charge in [-0.25, -0.2) is 4.98 Å². The number of amides is 1. The van der Waals surface area contributed by atoms with Crippen LogP contribution >= 0.6 is 0 Å². The Hall–Kier alpha value is -2.47. The van der Waals surface area contributed by atoms with E-state index < -0.39 is 5.60 Å². The first kappa shape index (κ1) is 19.5. The average Bonchev–Trinajstić information content (AvgIpc) is 3.14. The normalized spacial score (nSPS) is 31.7. The fourth-order valence-electron chi connectivity index (χ4n) is 6.41. The number of aliphatic hydroxyl groups is 1. The van der Waals surface area contributed by atoms with Crippen molar-refractivity contribution in [2.24, 2.45) is 24.8 Å². The molecular weight excluding hydrogens is 378 g/mol. The molecule has 4 aliphatic carbocycles. The smallest absolute Gasteiger partial charge is 0.251 e. The van der Waals surface area contributed by atoms with Crippen LogP contribution < -0.4 is 5.32 Å². The lowest BCUT2D eigenvalue weighted by atomic mass is 9.52. The van der Waals surface area contributed by atoms with Gasteiger partial charge in [0.05, 0.1) is 5.60 Å². The Balaban J connectivity index is 1.36. The molecule has 4 aliphatic rings. The van der Waals surface area contributed by atoms with E-state index in [2.05, 4.69) is 10.3 Å². The molecule has 0 radical (unpaired) electrons. The second kappa shape index (κ2) is 7.05. The third kappa shape index (κ3) is 3.18. The van der Waals surface area contributed by atoms with Gasteiger partial charge < -0.3 is 15.0 Å². The largest absolute Gasteiger partial charge is 0.390 e. The first-order valence-corrected chi connectivity index (χ1v) is 11.0. The van der Waals surface area contributed by atoms with E-state index in [1.165, 1.54) is 0 Å². The molecule has 2 aromatic rings. The summed E-state index contributed by atoms with van der Waals surface area (Å²) in [5.74, 6) is 1.55. The molecular formula is C24H29N3O3. The Morgan fingerprint density at radius 2 is 1.97 bits per heavy atom. The van der Waals surface area contributed by atoms with Gasteiger partial charge in [-0.1, -0.05) is 13.0 Å². The lowest BCUT2D eigenvalue weighted by Crippen LogP contribution is -2.61. The van der Waals surface area contributed by atoms with E-state index in [0.29, 0.717) is 41.1 Å². The van der Waals surface area contributed by atoms with Gasteiger partial charge in [-0.3, -0.25) is 9.59 Å². The number of rotatable bonds is 5. The van der Waals surface area contributed by atoms with E-state index in [1.54, 1.807) is 36.1 Å². The molecule has 1 aromatic heterocycles. The van der Waals surface area contributed by atoms with Crippen molar-refractivity contribution in [3.8, 4) is 0 Å². The molecule has 6 heteroatoms. The van der Waals surface area contributed by atoms with Gasteiger partial charge in [-0.2, -0.15) is 0 Å². The number of hydrogen-bond donors (Lipinski definition) is 2. The number of nitrogens with one attached hydrogen (secondary N) is 1. The Labute approximate surface area is 176 Å². The summed E-state index contributed by atoms with van der Waals surface area (Å²) < 4.78 is 1.70. The lowest BCUT2D eigenvalue weighted by molar-refractivity contribution is -0.136. The van der Waals surface area contributed by atoms with Crippen LogP contribution in [0.3, 0.4) is 0 Å². The summed E-state index contributed by atoms with van der Waals surface area (Å²) in [6.07, 6.45) is 8.80. The highest BCUT2D eigenvalue weighted by atomic mass is 16.3. The number of carbonyl (C=O) groups is 2. The van der Waals surface area contributed by atoms with E-state index in [0.717, 1.165) is 37.7 Å². The second-order valence-corrected chi connectivity index (χ2v) is 9.61. The minimum atomic E-state index is -0.501. The van der Waals surface area contributed by atoms with Crippen molar-refractivity contribution in [2.75, 3.05) is 0 Å². The van der Waals surface area contributed by atoms with Crippen LogP contribution in [0.5, 0.6) is 0 Å². The predicted octanol–water partition coefficient (Wildman–Crippen LogP) is 2.88. The minimum Gasteiger partial charge on any atom is -0.390 e. The van der Waals surface area contributed by atoms with Crippen LogP contribution in [0, 0.1) is 17.8 Å². The van der Waals surface area contributed by atoms with Gasteiger partial charge in [-0.15, -0.1) is 0 Å². The highest BCUT2D eigenvalue weighted by Crippen LogP contribution is 2.55. The van der Waals surface area contributed by atoms with Gasteiger partial charge in [0.25, 0.3) is 5.91 Å². The van der Waals surface area contributed by atoms with E-state index in [1.807, 2.05) is 13.0 Å². The average molecular weight is 408 g/mol. The Morgan fingerprint density at radius 3 is 2.57 bits per heavy atom. The van der Waals surface area contributed by atoms with Crippen molar-refractivity contribution in [1.82, 2.24) is 14.9 Å². The molecule has 2 atom stereocenters. The van der Waals surface area contributed by atoms with Crippen LogP contribution in [0.15, 0.2) is 30.6 Å². The Morgan fingerprint density at radius 1 is 1.23 bits per heavy atom. The number of aromatic nitrogens is 2. The van der Waals surface area contributed by atoms with Crippen LogP contribution in [0.25, 0.3) is 0 Å². The molecule has 0 aliphatic heterocycles. The Kier molecular flexibility index (Phi) is 4.58. The molecule has 1 heterocycles. The second-order valence-electron chi connectivity index (χ2n) is 9.61. The zero-order valence-corrected chi connectivity index (χ0v) is 17.6. The lowest BCUT2D eigenvalue weighted by Gasteiger charge is -2.58. The standard InChI is InChI=1S/C24H29N3O3/c1-3-15-10-16(21(28)22-25-6-7-27(22)2)4-5-19(15)23(29)26-20-17-8-14-9-18(20)13-24(30,11-14)12-17/h4-7,10,14,17-18,20,30H,3,8-9,11-13H2,1-2H3,(H,26,29)/t14?,17?,18?,20-,24-. The van der Waals surface area contributed by atoms with Gasteiger partial charge in [0.1, 0.15) is 0 Å². The van der Waals surface area contributed by atoms with Crippen molar-refractivity contribution >= 4 is 11.7 Å². The monoisotopic (exact) mass is 407 g/mol. The molecule has 1 aromatic carbocycles. The number of nitrogens with zero attached hydrogens (tertiary/aromatic N) is 2. The van der Waals surface area contributed by atoms with Crippen molar-refractivity contribution in [3.05, 3.63) is 53.1 Å². The van der Waals surface area contributed by atoms with Crippen molar-refractivity contribution in [2.45, 2.75) is 57.1 Å². The predicted molar refractivity (Wildman–Crippen MR) is 112 cm³/mol. The summed E-state index contributed by atoms with van der Waals surface area (Å²) in [5.41, 5.74) is 1.56. The summed E-state index contributed by atoms with van der Waals surface area (Å²) >= 11 is 0. The molecule has 4 bridgehead atoms. The van der Waals surface area contributed by atoms with Crippen LogP contribution in [-0.4, -0.2) is 38.0 Å². The molecule has 6 rings (SSSR count). The van der Waals surface area contributed by atoms with E-state index >= 15 is 0 Å².